The molecule has 0 radical (unpaired) electrons. The molecule has 0 saturated carbocycles. The number of nitrogens with zero attached hydrogens (tertiary/aromatic N) is 1. The lowest BCUT2D eigenvalue weighted by Gasteiger charge is -2.32. The number of benzene rings is 2. The lowest BCUT2D eigenvalue weighted by atomic mass is 9.99. The van der Waals surface area contributed by atoms with Crippen LogP contribution in [0.5, 0.6) is 5.75 Å². The molecule has 3 aromatic rings. The Balaban J connectivity index is 1.82. The molecule has 4 nitrogen and oxygen atoms in total. The van der Waals surface area contributed by atoms with Crippen molar-refractivity contribution in [3.05, 3.63) is 68.6 Å². The predicted octanol–water partition coefficient (Wildman–Crippen LogP) is 4.64. The molecule has 0 atom stereocenters. The minimum atomic E-state index is -0.271. The standard InChI is InChI=1S/C22H23NO3/c1-5-16-7-6-8-18(9-16)23-11-17-10-19-13(2)14(3)22(24)26-21(19)15(4)20(17)25-12-23/h6-10H,5,11-12H2,1-4H3. The van der Waals surface area contributed by atoms with Gasteiger partial charge in [0.15, 0.2) is 6.73 Å². The van der Waals surface area contributed by atoms with Crippen molar-refractivity contribution < 1.29 is 9.15 Å². The fourth-order valence-corrected chi connectivity index (χ4v) is 3.64. The molecule has 1 aromatic heterocycles. The first-order valence-corrected chi connectivity index (χ1v) is 9.02. The summed E-state index contributed by atoms with van der Waals surface area (Å²) >= 11 is 0. The molecule has 1 aliphatic rings. The number of rotatable bonds is 2. The van der Waals surface area contributed by atoms with Gasteiger partial charge in [0.1, 0.15) is 11.3 Å². The average molecular weight is 349 g/mol. The van der Waals surface area contributed by atoms with Crippen molar-refractivity contribution in [3.63, 3.8) is 0 Å². The van der Waals surface area contributed by atoms with E-state index in [9.17, 15) is 4.79 Å². The maximum atomic E-state index is 12.1. The molecule has 4 rings (SSSR count). The molecule has 0 saturated heterocycles. The largest absolute Gasteiger partial charge is 0.472 e. The number of anilines is 1. The van der Waals surface area contributed by atoms with Gasteiger partial charge in [-0.15, -0.1) is 0 Å². The fourth-order valence-electron chi connectivity index (χ4n) is 3.64. The summed E-state index contributed by atoms with van der Waals surface area (Å²) in [5.41, 5.74) is 6.52. The minimum Gasteiger partial charge on any atom is -0.472 e. The number of hydrogen-bond donors (Lipinski definition) is 0. The molecular weight excluding hydrogens is 326 g/mol. The van der Waals surface area contributed by atoms with E-state index in [0.717, 1.165) is 40.8 Å². The van der Waals surface area contributed by atoms with Crippen LogP contribution >= 0.6 is 0 Å². The molecule has 26 heavy (non-hydrogen) atoms. The van der Waals surface area contributed by atoms with E-state index in [1.807, 2.05) is 20.8 Å². The number of aryl methyl sites for hydroxylation is 3. The Hall–Kier alpha value is -2.75. The first kappa shape index (κ1) is 16.7. The molecule has 0 fully saturated rings. The van der Waals surface area contributed by atoms with Crippen molar-refractivity contribution in [1.82, 2.24) is 0 Å². The van der Waals surface area contributed by atoms with E-state index in [0.29, 0.717) is 17.9 Å². The monoisotopic (exact) mass is 349 g/mol. The Labute approximate surface area is 153 Å². The number of ether oxygens (including phenoxy) is 1. The van der Waals surface area contributed by atoms with Crippen LogP contribution in [0.3, 0.4) is 0 Å². The Morgan fingerprint density at radius 3 is 2.65 bits per heavy atom. The summed E-state index contributed by atoms with van der Waals surface area (Å²) in [5.74, 6) is 0.840. The molecule has 2 heterocycles. The summed E-state index contributed by atoms with van der Waals surface area (Å²) in [6.07, 6.45) is 1.01. The van der Waals surface area contributed by atoms with Gasteiger partial charge in [-0.3, -0.25) is 0 Å². The lowest BCUT2D eigenvalue weighted by molar-refractivity contribution is 0.287. The summed E-state index contributed by atoms with van der Waals surface area (Å²) in [7, 11) is 0. The summed E-state index contributed by atoms with van der Waals surface area (Å²) in [5, 5.41) is 0.992. The highest BCUT2D eigenvalue weighted by Crippen LogP contribution is 2.37. The summed E-state index contributed by atoms with van der Waals surface area (Å²) < 4.78 is 11.6. The van der Waals surface area contributed by atoms with Gasteiger partial charge in [-0.2, -0.15) is 0 Å². The molecule has 4 heteroatoms. The van der Waals surface area contributed by atoms with Gasteiger partial charge in [-0.25, -0.2) is 4.79 Å². The van der Waals surface area contributed by atoms with Crippen LogP contribution in [0.25, 0.3) is 11.0 Å². The zero-order valence-corrected chi connectivity index (χ0v) is 15.7. The number of hydrogen-bond acceptors (Lipinski definition) is 4. The van der Waals surface area contributed by atoms with Crippen LogP contribution in [0.1, 0.15) is 34.7 Å². The topological polar surface area (TPSA) is 42.7 Å². The molecule has 134 valence electrons. The highest BCUT2D eigenvalue weighted by Gasteiger charge is 2.23. The van der Waals surface area contributed by atoms with Crippen molar-refractivity contribution >= 4 is 16.7 Å². The smallest absolute Gasteiger partial charge is 0.339 e. The Bertz CT molecular complexity index is 1070. The maximum absolute atomic E-state index is 12.1. The van der Waals surface area contributed by atoms with Crippen molar-refractivity contribution in [2.75, 3.05) is 11.6 Å². The SMILES string of the molecule is CCc1cccc(N2COc3c(cc4c(C)c(C)c(=O)oc4c3C)C2)c1. The van der Waals surface area contributed by atoms with Gasteiger partial charge in [0.05, 0.1) is 0 Å². The molecule has 0 amide bonds. The van der Waals surface area contributed by atoms with Gasteiger partial charge < -0.3 is 14.1 Å². The Kier molecular flexibility index (Phi) is 3.98. The second kappa shape index (κ2) is 6.20. The van der Waals surface area contributed by atoms with Gasteiger partial charge in [-0.1, -0.05) is 19.1 Å². The Morgan fingerprint density at radius 1 is 1.08 bits per heavy atom. The van der Waals surface area contributed by atoms with Crippen LogP contribution < -0.4 is 15.3 Å². The molecule has 0 bridgehead atoms. The highest BCUT2D eigenvalue weighted by atomic mass is 16.5. The van der Waals surface area contributed by atoms with Gasteiger partial charge in [0.2, 0.25) is 0 Å². The third kappa shape index (κ3) is 2.57. The fraction of sp³-hybridized carbons (Fsp3) is 0.318. The molecular formula is C22H23NO3. The first-order valence-electron chi connectivity index (χ1n) is 9.02. The molecule has 0 spiro atoms. The summed E-state index contributed by atoms with van der Waals surface area (Å²) in [6.45, 7) is 9.18. The van der Waals surface area contributed by atoms with E-state index in [1.165, 1.54) is 11.3 Å². The van der Waals surface area contributed by atoms with E-state index >= 15 is 0 Å². The third-order valence-corrected chi connectivity index (χ3v) is 5.41. The van der Waals surface area contributed by atoms with E-state index in [2.05, 4.69) is 42.2 Å². The molecule has 0 N–H and O–H groups in total. The quantitative estimate of drug-likeness (QED) is 0.632. The minimum absolute atomic E-state index is 0.271. The zero-order valence-electron chi connectivity index (χ0n) is 15.7. The van der Waals surface area contributed by atoms with Crippen molar-refractivity contribution in [3.8, 4) is 5.75 Å². The first-order chi connectivity index (χ1) is 12.5. The van der Waals surface area contributed by atoms with E-state index in [-0.39, 0.29) is 5.63 Å². The van der Waals surface area contributed by atoms with Gasteiger partial charge >= 0.3 is 5.63 Å². The van der Waals surface area contributed by atoms with Crippen LogP contribution in [-0.2, 0) is 13.0 Å². The van der Waals surface area contributed by atoms with Crippen LogP contribution in [0.15, 0.2) is 39.5 Å². The van der Waals surface area contributed by atoms with Gasteiger partial charge in [-0.05, 0) is 56.5 Å². The van der Waals surface area contributed by atoms with Crippen molar-refractivity contribution in [2.24, 2.45) is 0 Å². The second-order valence-electron chi connectivity index (χ2n) is 7.00. The Morgan fingerprint density at radius 2 is 1.88 bits per heavy atom. The van der Waals surface area contributed by atoms with Crippen molar-refractivity contribution in [1.29, 1.82) is 0 Å². The summed E-state index contributed by atoms with van der Waals surface area (Å²) in [6, 6.07) is 10.7. The van der Waals surface area contributed by atoms with Crippen LogP contribution in [0, 0.1) is 20.8 Å². The average Bonchev–Trinajstić information content (AvgIpc) is 2.67. The maximum Gasteiger partial charge on any atom is 0.339 e. The normalized spacial score (nSPS) is 13.6. The number of fused-ring (bicyclic) bond motifs is 2. The van der Waals surface area contributed by atoms with E-state index < -0.39 is 0 Å². The molecule has 0 unspecified atom stereocenters. The van der Waals surface area contributed by atoms with Gasteiger partial charge in [0.25, 0.3) is 0 Å². The van der Waals surface area contributed by atoms with Gasteiger partial charge in [0, 0.05) is 34.3 Å². The lowest BCUT2D eigenvalue weighted by Crippen LogP contribution is -2.32. The predicted molar refractivity (Wildman–Crippen MR) is 104 cm³/mol. The zero-order chi connectivity index (χ0) is 18.4. The van der Waals surface area contributed by atoms with Crippen LogP contribution in [0.2, 0.25) is 0 Å². The van der Waals surface area contributed by atoms with E-state index in [1.54, 1.807) is 0 Å². The summed E-state index contributed by atoms with van der Waals surface area (Å²) in [4.78, 5) is 14.3. The van der Waals surface area contributed by atoms with Crippen LogP contribution in [0.4, 0.5) is 5.69 Å². The highest BCUT2D eigenvalue weighted by molar-refractivity contribution is 5.87. The molecule has 0 aliphatic carbocycles. The van der Waals surface area contributed by atoms with E-state index in [4.69, 9.17) is 9.15 Å². The molecule has 2 aromatic carbocycles. The third-order valence-electron chi connectivity index (χ3n) is 5.41. The van der Waals surface area contributed by atoms with Crippen LogP contribution in [-0.4, -0.2) is 6.73 Å². The van der Waals surface area contributed by atoms with Crippen molar-refractivity contribution in [2.45, 2.75) is 40.7 Å². The molecule has 1 aliphatic heterocycles. The second-order valence-corrected chi connectivity index (χ2v) is 7.00.